The molecule has 3 N–H and O–H groups in total. The molecule has 2 aromatic heterocycles. The lowest BCUT2D eigenvalue weighted by molar-refractivity contribution is -0.140. The highest BCUT2D eigenvalue weighted by molar-refractivity contribution is 6.31. The van der Waals surface area contributed by atoms with Crippen LogP contribution in [0, 0.1) is 11.3 Å². The number of urea groups is 1. The summed E-state index contributed by atoms with van der Waals surface area (Å²) in [4.78, 5) is 16.6. The molecule has 0 radical (unpaired) electrons. The van der Waals surface area contributed by atoms with Crippen molar-refractivity contribution in [2.24, 2.45) is 5.73 Å². The number of benzene rings is 1. The van der Waals surface area contributed by atoms with E-state index in [0.717, 1.165) is 6.07 Å². The monoisotopic (exact) mass is 449 g/mol. The number of nitrogens with two attached hydrogens (primary N) is 1. The lowest BCUT2D eigenvalue weighted by Gasteiger charge is -2.49. The van der Waals surface area contributed by atoms with Gasteiger partial charge < -0.3 is 16.0 Å². The number of carbonyl (C=O) groups is 1. The van der Waals surface area contributed by atoms with Crippen LogP contribution in [0.25, 0.3) is 10.9 Å². The number of hydrogen-bond acceptors (Lipinski definition) is 5. The molecular formula is C19H15ClF3N7O. The van der Waals surface area contributed by atoms with Crippen molar-refractivity contribution in [1.82, 2.24) is 19.7 Å². The van der Waals surface area contributed by atoms with Crippen molar-refractivity contribution < 1.29 is 18.0 Å². The predicted octanol–water partition coefficient (Wildman–Crippen LogP) is 3.18. The van der Waals surface area contributed by atoms with Crippen LogP contribution in [0.4, 0.5) is 23.7 Å². The molecule has 3 heterocycles. The number of alkyl halides is 3. The maximum atomic E-state index is 13.4. The summed E-state index contributed by atoms with van der Waals surface area (Å²) in [6.45, 7) is 0.474. The number of nitrogens with one attached hydrogen (secondary N) is 1. The van der Waals surface area contributed by atoms with Crippen molar-refractivity contribution in [3.8, 4) is 6.07 Å². The van der Waals surface area contributed by atoms with Crippen molar-refractivity contribution >= 4 is 34.2 Å². The minimum absolute atomic E-state index is 0.117. The van der Waals surface area contributed by atoms with Crippen LogP contribution in [-0.4, -0.2) is 45.3 Å². The summed E-state index contributed by atoms with van der Waals surface area (Å²) >= 11 is 6.04. The average Bonchev–Trinajstić information content (AvgIpc) is 3.15. The fraction of sp³-hybridized carbons (Fsp3) is 0.263. The number of nitrogens with zero attached hydrogens (tertiary/aromatic N) is 5. The molecule has 12 heteroatoms. The Morgan fingerprint density at radius 3 is 2.68 bits per heavy atom. The molecule has 0 saturated carbocycles. The first-order valence-corrected chi connectivity index (χ1v) is 9.41. The topological polar surface area (TPSA) is 113 Å². The fourth-order valence-electron chi connectivity index (χ4n) is 3.55. The number of rotatable bonds is 4. The van der Waals surface area contributed by atoms with Gasteiger partial charge in [0.15, 0.2) is 5.69 Å². The van der Waals surface area contributed by atoms with Gasteiger partial charge >= 0.3 is 12.2 Å². The molecule has 1 saturated heterocycles. The van der Waals surface area contributed by atoms with Gasteiger partial charge in [0.1, 0.15) is 17.3 Å². The first-order chi connectivity index (χ1) is 14.6. The third-order valence-electron chi connectivity index (χ3n) is 5.14. The van der Waals surface area contributed by atoms with Crippen LogP contribution in [0.2, 0.25) is 5.02 Å². The quantitative estimate of drug-likeness (QED) is 0.635. The molecule has 0 unspecified atom stereocenters. The van der Waals surface area contributed by atoms with Crippen LogP contribution in [0.3, 0.4) is 0 Å². The van der Waals surface area contributed by atoms with Crippen molar-refractivity contribution in [2.45, 2.75) is 11.7 Å². The first-order valence-electron chi connectivity index (χ1n) is 9.03. The van der Waals surface area contributed by atoms with Crippen LogP contribution in [0.1, 0.15) is 11.4 Å². The number of aromatic nitrogens is 3. The molecule has 3 aromatic rings. The Morgan fingerprint density at radius 2 is 2.06 bits per heavy atom. The van der Waals surface area contributed by atoms with E-state index in [4.69, 9.17) is 22.6 Å². The van der Waals surface area contributed by atoms with E-state index < -0.39 is 23.4 Å². The third-order valence-corrected chi connectivity index (χ3v) is 5.38. The normalized spacial score (nSPS) is 15.4. The molecule has 4 rings (SSSR count). The van der Waals surface area contributed by atoms with Gasteiger partial charge in [0.2, 0.25) is 0 Å². The van der Waals surface area contributed by atoms with E-state index in [0.29, 0.717) is 10.4 Å². The van der Waals surface area contributed by atoms with Gasteiger partial charge in [-0.2, -0.15) is 23.5 Å². The van der Waals surface area contributed by atoms with Gasteiger partial charge in [-0.25, -0.2) is 9.78 Å². The summed E-state index contributed by atoms with van der Waals surface area (Å²) in [5.41, 5.74) is 3.99. The molecular weight excluding hydrogens is 435 g/mol. The number of amides is 2. The average molecular weight is 450 g/mol. The molecule has 1 aromatic carbocycles. The number of pyridine rings is 1. The Kier molecular flexibility index (Phi) is 4.89. The SMILES string of the molecule is N#Cc1ccn(C2(CNc3cc(C(F)(F)F)nc4ccc(Cl)cc34)CN(C(N)=O)C2)n1. The Labute approximate surface area is 179 Å². The predicted molar refractivity (Wildman–Crippen MR) is 106 cm³/mol. The van der Waals surface area contributed by atoms with Gasteiger partial charge in [0.25, 0.3) is 0 Å². The Morgan fingerprint density at radius 1 is 1.32 bits per heavy atom. The largest absolute Gasteiger partial charge is 0.433 e. The summed E-state index contributed by atoms with van der Waals surface area (Å²) in [7, 11) is 0. The van der Waals surface area contributed by atoms with E-state index in [2.05, 4.69) is 15.4 Å². The standard InChI is InChI=1S/C19H15ClF3N7O/c20-11-1-2-14-13(5-11)15(6-16(27-14)19(21,22)23)26-8-18(9-29(10-18)17(25)31)30-4-3-12(7-24)28-30/h1-6H,8-10H2,(H2,25,31)(H,26,27). The highest BCUT2D eigenvalue weighted by atomic mass is 35.5. The van der Waals surface area contributed by atoms with Crippen LogP contribution in [0.15, 0.2) is 36.5 Å². The second-order valence-electron chi connectivity index (χ2n) is 7.24. The third kappa shape index (κ3) is 3.82. The minimum Gasteiger partial charge on any atom is -0.382 e. The maximum absolute atomic E-state index is 13.4. The number of fused-ring (bicyclic) bond motifs is 1. The van der Waals surface area contributed by atoms with Crippen LogP contribution in [-0.2, 0) is 11.7 Å². The van der Waals surface area contributed by atoms with Gasteiger partial charge in [-0.15, -0.1) is 0 Å². The van der Waals surface area contributed by atoms with E-state index in [1.54, 1.807) is 6.20 Å². The van der Waals surface area contributed by atoms with E-state index >= 15 is 0 Å². The summed E-state index contributed by atoms with van der Waals surface area (Å²) in [5, 5.41) is 17.0. The molecule has 0 bridgehead atoms. The summed E-state index contributed by atoms with van der Waals surface area (Å²) in [6, 6.07) is 8.14. The number of anilines is 1. The zero-order valence-corrected chi connectivity index (χ0v) is 16.6. The van der Waals surface area contributed by atoms with Gasteiger partial charge in [0.05, 0.1) is 18.6 Å². The van der Waals surface area contributed by atoms with Crippen LogP contribution in [0.5, 0.6) is 0 Å². The number of carbonyl (C=O) groups excluding carboxylic acids is 1. The number of primary amides is 1. The van der Waals surface area contributed by atoms with Crippen molar-refractivity contribution in [3.63, 3.8) is 0 Å². The van der Waals surface area contributed by atoms with Gasteiger partial charge in [-0.3, -0.25) is 4.68 Å². The van der Waals surface area contributed by atoms with Gasteiger partial charge in [-0.1, -0.05) is 11.6 Å². The van der Waals surface area contributed by atoms with Crippen LogP contribution >= 0.6 is 11.6 Å². The van der Waals surface area contributed by atoms with E-state index in [1.165, 1.54) is 33.8 Å². The zero-order valence-electron chi connectivity index (χ0n) is 15.8. The summed E-state index contributed by atoms with van der Waals surface area (Å²) < 4.78 is 41.6. The first kappa shape index (κ1) is 20.7. The Hall–Kier alpha value is -3.52. The minimum atomic E-state index is -4.63. The molecule has 0 aliphatic carbocycles. The molecule has 1 aliphatic rings. The van der Waals surface area contributed by atoms with Gasteiger partial charge in [0, 0.05) is 28.8 Å². The van der Waals surface area contributed by atoms with Gasteiger partial charge in [-0.05, 0) is 30.3 Å². The molecule has 160 valence electrons. The fourth-order valence-corrected chi connectivity index (χ4v) is 3.73. The second kappa shape index (κ2) is 7.31. The highest BCUT2D eigenvalue weighted by Gasteiger charge is 2.47. The number of nitriles is 1. The zero-order chi connectivity index (χ0) is 22.4. The van der Waals surface area contributed by atoms with Crippen molar-refractivity contribution in [3.05, 3.63) is 52.9 Å². The Balaban J connectivity index is 1.71. The molecule has 0 atom stereocenters. The molecule has 2 amide bonds. The molecule has 1 fully saturated rings. The molecule has 8 nitrogen and oxygen atoms in total. The Bertz CT molecular complexity index is 1210. The molecule has 31 heavy (non-hydrogen) atoms. The highest BCUT2D eigenvalue weighted by Crippen LogP contribution is 2.35. The van der Waals surface area contributed by atoms with Crippen molar-refractivity contribution in [2.75, 3.05) is 25.0 Å². The molecule has 1 aliphatic heterocycles. The summed E-state index contributed by atoms with van der Waals surface area (Å²) in [6.07, 6.45) is -3.05. The van der Waals surface area contributed by atoms with Crippen LogP contribution < -0.4 is 11.1 Å². The number of halogens is 4. The number of likely N-dealkylation sites (tertiary alicyclic amines) is 1. The number of hydrogen-bond donors (Lipinski definition) is 2. The maximum Gasteiger partial charge on any atom is 0.433 e. The second-order valence-corrected chi connectivity index (χ2v) is 7.68. The molecule has 0 spiro atoms. The van der Waals surface area contributed by atoms with Crippen molar-refractivity contribution in [1.29, 1.82) is 5.26 Å². The van der Waals surface area contributed by atoms with E-state index in [-0.39, 0.29) is 36.5 Å². The smallest absolute Gasteiger partial charge is 0.382 e. The van der Waals surface area contributed by atoms with E-state index in [1.807, 2.05) is 6.07 Å². The lowest BCUT2D eigenvalue weighted by Crippen LogP contribution is -2.68. The lowest BCUT2D eigenvalue weighted by atomic mass is 9.89. The van der Waals surface area contributed by atoms with E-state index in [9.17, 15) is 18.0 Å². The summed E-state index contributed by atoms with van der Waals surface area (Å²) in [5.74, 6) is 0.